The fourth-order valence-corrected chi connectivity index (χ4v) is 2.41. The number of aromatic nitrogens is 1. The first kappa shape index (κ1) is 14.0. The fraction of sp³-hybridized carbons (Fsp3) is 0.364. The van der Waals surface area contributed by atoms with E-state index in [2.05, 4.69) is 4.98 Å². The standard InChI is InChI=1S/C11H12ClNO3S/c12-6-9(14)8(5-11(15)16)7-17-10-3-1-2-4-13-10/h1-4,8H,5-7H2,(H,15,16). The van der Waals surface area contributed by atoms with E-state index < -0.39 is 11.9 Å². The molecule has 0 spiro atoms. The molecule has 1 N–H and O–H groups in total. The quantitative estimate of drug-likeness (QED) is 0.608. The maximum atomic E-state index is 11.4. The van der Waals surface area contributed by atoms with Crippen LogP contribution >= 0.6 is 23.4 Å². The van der Waals surface area contributed by atoms with Crippen LogP contribution in [-0.4, -0.2) is 33.5 Å². The first-order valence-corrected chi connectivity index (χ1v) is 6.49. The van der Waals surface area contributed by atoms with Crippen molar-refractivity contribution in [2.75, 3.05) is 11.6 Å². The third kappa shape index (κ3) is 5.19. The van der Waals surface area contributed by atoms with Crippen LogP contribution in [0.15, 0.2) is 29.4 Å². The lowest BCUT2D eigenvalue weighted by atomic mass is 10.0. The maximum Gasteiger partial charge on any atom is 0.304 e. The number of carboxylic acid groups (broad SMARTS) is 1. The molecule has 0 amide bonds. The number of carboxylic acids is 1. The van der Waals surface area contributed by atoms with Crippen LogP contribution < -0.4 is 0 Å². The summed E-state index contributed by atoms with van der Waals surface area (Å²) < 4.78 is 0. The van der Waals surface area contributed by atoms with Crippen molar-refractivity contribution in [3.05, 3.63) is 24.4 Å². The van der Waals surface area contributed by atoms with Crippen LogP contribution in [0.4, 0.5) is 0 Å². The smallest absolute Gasteiger partial charge is 0.304 e. The third-order valence-corrected chi connectivity index (χ3v) is 3.45. The van der Waals surface area contributed by atoms with Gasteiger partial charge in [0.15, 0.2) is 5.78 Å². The molecule has 0 fully saturated rings. The number of hydrogen-bond acceptors (Lipinski definition) is 4. The molecule has 0 bridgehead atoms. The van der Waals surface area contributed by atoms with Gasteiger partial charge in [-0.25, -0.2) is 4.98 Å². The lowest BCUT2D eigenvalue weighted by molar-refractivity contribution is -0.139. The molecule has 17 heavy (non-hydrogen) atoms. The zero-order valence-electron chi connectivity index (χ0n) is 9.01. The van der Waals surface area contributed by atoms with E-state index in [1.165, 1.54) is 11.8 Å². The van der Waals surface area contributed by atoms with Gasteiger partial charge in [-0.2, -0.15) is 0 Å². The van der Waals surface area contributed by atoms with Gasteiger partial charge in [0, 0.05) is 17.9 Å². The molecule has 0 aliphatic rings. The Morgan fingerprint density at radius 1 is 1.47 bits per heavy atom. The SMILES string of the molecule is O=C(O)CC(CSc1ccccn1)C(=O)CCl. The van der Waals surface area contributed by atoms with Crippen molar-refractivity contribution in [2.24, 2.45) is 5.92 Å². The monoisotopic (exact) mass is 273 g/mol. The van der Waals surface area contributed by atoms with Gasteiger partial charge in [-0.3, -0.25) is 9.59 Å². The van der Waals surface area contributed by atoms with Gasteiger partial charge >= 0.3 is 5.97 Å². The molecular formula is C11H12ClNO3S. The summed E-state index contributed by atoms with van der Waals surface area (Å²) in [6.45, 7) is 0. The predicted octanol–water partition coefficient (Wildman–Crippen LogP) is 2.07. The minimum absolute atomic E-state index is 0.152. The molecule has 6 heteroatoms. The summed E-state index contributed by atoms with van der Waals surface area (Å²) in [4.78, 5) is 26.1. The van der Waals surface area contributed by atoms with Crippen LogP contribution in [0.3, 0.4) is 0 Å². The summed E-state index contributed by atoms with van der Waals surface area (Å²) >= 11 is 6.80. The number of ketones is 1. The molecule has 0 saturated carbocycles. The lowest BCUT2D eigenvalue weighted by Gasteiger charge is -2.11. The van der Waals surface area contributed by atoms with Gasteiger partial charge in [0.25, 0.3) is 0 Å². The number of hydrogen-bond donors (Lipinski definition) is 1. The number of nitrogens with zero attached hydrogens (tertiary/aromatic N) is 1. The highest BCUT2D eigenvalue weighted by molar-refractivity contribution is 7.99. The lowest BCUT2D eigenvalue weighted by Crippen LogP contribution is -2.21. The molecule has 1 aromatic rings. The van der Waals surface area contributed by atoms with Crippen LogP contribution in [0, 0.1) is 5.92 Å². The Labute approximate surface area is 108 Å². The van der Waals surface area contributed by atoms with Gasteiger partial charge in [-0.1, -0.05) is 6.07 Å². The van der Waals surface area contributed by atoms with Gasteiger partial charge in [0.05, 0.1) is 17.3 Å². The second kappa shape index (κ2) is 7.29. The highest BCUT2D eigenvalue weighted by Crippen LogP contribution is 2.20. The Kier molecular flexibility index (Phi) is 6.00. The molecule has 1 rings (SSSR count). The molecular weight excluding hydrogens is 262 g/mol. The van der Waals surface area contributed by atoms with Crippen molar-refractivity contribution in [3.8, 4) is 0 Å². The summed E-state index contributed by atoms with van der Waals surface area (Å²) in [5, 5.41) is 9.47. The van der Waals surface area contributed by atoms with Crippen molar-refractivity contribution < 1.29 is 14.7 Å². The Hall–Kier alpha value is -1.07. The minimum Gasteiger partial charge on any atom is -0.481 e. The predicted molar refractivity (Wildman–Crippen MR) is 66.4 cm³/mol. The van der Waals surface area contributed by atoms with E-state index in [0.29, 0.717) is 5.75 Å². The second-order valence-corrected chi connectivity index (χ2v) is 4.68. The number of pyridine rings is 1. The van der Waals surface area contributed by atoms with E-state index in [0.717, 1.165) is 5.03 Å². The van der Waals surface area contributed by atoms with Gasteiger partial charge in [0.2, 0.25) is 0 Å². The first-order valence-electron chi connectivity index (χ1n) is 4.97. The van der Waals surface area contributed by atoms with Crippen molar-refractivity contribution in [3.63, 3.8) is 0 Å². The number of aliphatic carboxylic acids is 1. The third-order valence-electron chi connectivity index (χ3n) is 2.08. The van der Waals surface area contributed by atoms with Crippen LogP contribution in [0.25, 0.3) is 0 Å². The topological polar surface area (TPSA) is 67.3 Å². The zero-order chi connectivity index (χ0) is 12.7. The Morgan fingerprint density at radius 3 is 2.76 bits per heavy atom. The van der Waals surface area contributed by atoms with E-state index in [1.54, 1.807) is 12.3 Å². The number of carbonyl (C=O) groups excluding carboxylic acids is 1. The van der Waals surface area contributed by atoms with Gasteiger partial charge in [0.1, 0.15) is 0 Å². The van der Waals surface area contributed by atoms with Gasteiger partial charge in [-0.05, 0) is 12.1 Å². The molecule has 0 saturated heterocycles. The number of halogens is 1. The van der Waals surface area contributed by atoms with E-state index in [1.807, 2.05) is 12.1 Å². The Bertz CT molecular complexity index is 386. The van der Waals surface area contributed by atoms with E-state index in [4.69, 9.17) is 16.7 Å². The molecule has 0 aromatic carbocycles. The summed E-state index contributed by atoms with van der Waals surface area (Å²) in [7, 11) is 0. The Balaban J connectivity index is 2.55. The van der Waals surface area contributed by atoms with Crippen molar-refractivity contribution in [2.45, 2.75) is 11.4 Å². The summed E-state index contributed by atoms with van der Waals surface area (Å²) in [5.74, 6) is -1.56. The number of carbonyl (C=O) groups is 2. The molecule has 0 aliphatic heterocycles. The number of rotatable bonds is 7. The zero-order valence-corrected chi connectivity index (χ0v) is 10.6. The number of alkyl halides is 1. The van der Waals surface area contributed by atoms with E-state index >= 15 is 0 Å². The van der Waals surface area contributed by atoms with Crippen LogP contribution in [0.2, 0.25) is 0 Å². The summed E-state index contributed by atoms with van der Waals surface area (Å²) in [5.41, 5.74) is 0. The molecule has 0 radical (unpaired) electrons. The fourth-order valence-electron chi connectivity index (χ4n) is 1.20. The molecule has 92 valence electrons. The Morgan fingerprint density at radius 2 is 2.24 bits per heavy atom. The summed E-state index contributed by atoms with van der Waals surface area (Å²) in [6, 6.07) is 5.45. The molecule has 1 atom stereocenters. The molecule has 1 aromatic heterocycles. The minimum atomic E-state index is -0.991. The molecule has 1 heterocycles. The van der Waals surface area contributed by atoms with E-state index in [9.17, 15) is 9.59 Å². The molecule has 4 nitrogen and oxygen atoms in total. The summed E-state index contributed by atoms with van der Waals surface area (Å²) in [6.07, 6.45) is 1.46. The number of Topliss-reactive ketones (excluding diaryl/α,β-unsaturated/α-hetero) is 1. The van der Waals surface area contributed by atoms with Gasteiger partial charge < -0.3 is 5.11 Å². The number of thioether (sulfide) groups is 1. The highest BCUT2D eigenvalue weighted by atomic mass is 35.5. The highest BCUT2D eigenvalue weighted by Gasteiger charge is 2.21. The largest absolute Gasteiger partial charge is 0.481 e. The van der Waals surface area contributed by atoms with Gasteiger partial charge in [-0.15, -0.1) is 23.4 Å². The second-order valence-electron chi connectivity index (χ2n) is 3.37. The van der Waals surface area contributed by atoms with E-state index in [-0.39, 0.29) is 18.1 Å². The van der Waals surface area contributed by atoms with Crippen molar-refractivity contribution in [1.29, 1.82) is 0 Å². The van der Waals surface area contributed by atoms with Crippen molar-refractivity contribution in [1.82, 2.24) is 4.98 Å². The van der Waals surface area contributed by atoms with Crippen LogP contribution in [0.5, 0.6) is 0 Å². The van der Waals surface area contributed by atoms with Crippen LogP contribution in [0.1, 0.15) is 6.42 Å². The average Bonchev–Trinajstić information content (AvgIpc) is 2.34. The average molecular weight is 274 g/mol. The van der Waals surface area contributed by atoms with Crippen LogP contribution in [-0.2, 0) is 9.59 Å². The molecule has 0 aliphatic carbocycles. The normalized spacial score (nSPS) is 12.1. The van der Waals surface area contributed by atoms with Crippen molar-refractivity contribution >= 4 is 35.1 Å². The maximum absolute atomic E-state index is 11.4. The first-order chi connectivity index (χ1) is 8.13. The molecule has 1 unspecified atom stereocenters.